The molecule has 1 aromatic rings. The van der Waals surface area contributed by atoms with Crippen molar-refractivity contribution in [3.8, 4) is 6.07 Å². The number of rotatable bonds is 3. The minimum Gasteiger partial charge on any atom is -0.369 e. The lowest BCUT2D eigenvalue weighted by molar-refractivity contribution is 0.0136. The first-order valence-electron chi connectivity index (χ1n) is 8.89. The number of hydrogen-bond donors (Lipinski definition) is 0. The summed E-state index contributed by atoms with van der Waals surface area (Å²) in [5.74, 6) is 2.00. The first-order chi connectivity index (χ1) is 11.4. The van der Waals surface area contributed by atoms with Gasteiger partial charge in [0, 0.05) is 37.2 Å². The van der Waals surface area contributed by atoms with Crippen LogP contribution in [0.3, 0.4) is 0 Å². The number of aryl methyl sites for hydroxylation is 2. The third-order valence-corrected chi connectivity index (χ3v) is 6.10. The molecule has 0 N–H and O–H groups in total. The highest BCUT2D eigenvalue weighted by atomic mass is 16.5. The van der Waals surface area contributed by atoms with Gasteiger partial charge in [-0.1, -0.05) is 0 Å². The van der Waals surface area contributed by atoms with Crippen LogP contribution in [0, 0.1) is 37.0 Å². The van der Waals surface area contributed by atoms with Gasteiger partial charge in [-0.05, 0) is 52.4 Å². The van der Waals surface area contributed by atoms with Crippen LogP contribution in [0.4, 0.5) is 5.82 Å². The molecule has 0 aliphatic carbocycles. The van der Waals surface area contributed by atoms with E-state index >= 15 is 0 Å². The van der Waals surface area contributed by atoms with Crippen molar-refractivity contribution in [2.45, 2.75) is 38.4 Å². The van der Waals surface area contributed by atoms with Crippen molar-refractivity contribution >= 4 is 5.82 Å². The van der Waals surface area contributed by atoms with Gasteiger partial charge in [0.25, 0.3) is 0 Å². The smallest absolute Gasteiger partial charge is 0.147 e. The predicted octanol–water partition coefficient (Wildman–Crippen LogP) is 2.12. The highest BCUT2D eigenvalue weighted by Crippen LogP contribution is 2.55. The SMILES string of the molecule is Cc1cc(C)c(C#N)c(N2C[C@@H]3[C@H](CN(C)C)[C@H]4CC[C@]3(C2)O4)n1. The zero-order chi connectivity index (χ0) is 17.1. The van der Waals surface area contributed by atoms with Crippen molar-refractivity contribution in [3.63, 3.8) is 0 Å². The van der Waals surface area contributed by atoms with Gasteiger partial charge in [0.05, 0.1) is 17.3 Å². The number of nitrogens with zero attached hydrogens (tertiary/aromatic N) is 4. The van der Waals surface area contributed by atoms with E-state index in [1.54, 1.807) is 0 Å². The fourth-order valence-electron chi connectivity index (χ4n) is 5.20. The standard InChI is InChI=1S/C19H26N4O/c1-12-7-13(2)21-18(14(12)8-20)23-10-16-15(9-22(3)4)17-5-6-19(16,11-23)24-17/h7,15-17H,5-6,9-11H2,1-4H3/t15-,16+,17+,19+/m0/s1. The molecule has 3 aliphatic rings. The molecule has 0 aromatic carbocycles. The number of hydrogen-bond acceptors (Lipinski definition) is 5. The van der Waals surface area contributed by atoms with Crippen LogP contribution >= 0.6 is 0 Å². The molecule has 1 aromatic heterocycles. The molecule has 5 heteroatoms. The molecule has 5 nitrogen and oxygen atoms in total. The molecular formula is C19H26N4O. The largest absolute Gasteiger partial charge is 0.369 e. The Labute approximate surface area is 144 Å². The highest BCUT2D eigenvalue weighted by Gasteiger charge is 2.63. The fraction of sp³-hybridized carbons (Fsp3) is 0.684. The lowest BCUT2D eigenvalue weighted by Crippen LogP contribution is -2.40. The first kappa shape index (κ1) is 15.9. The van der Waals surface area contributed by atoms with E-state index in [4.69, 9.17) is 9.72 Å². The van der Waals surface area contributed by atoms with Gasteiger partial charge in [-0.3, -0.25) is 0 Å². The number of pyridine rings is 1. The van der Waals surface area contributed by atoms with Crippen LogP contribution in [-0.4, -0.2) is 55.3 Å². The van der Waals surface area contributed by atoms with Crippen molar-refractivity contribution in [1.29, 1.82) is 5.26 Å². The summed E-state index contributed by atoms with van der Waals surface area (Å²) < 4.78 is 6.50. The molecule has 1 spiro atoms. The Morgan fingerprint density at radius 1 is 1.46 bits per heavy atom. The Morgan fingerprint density at radius 3 is 2.96 bits per heavy atom. The van der Waals surface area contributed by atoms with Crippen molar-refractivity contribution in [3.05, 3.63) is 22.9 Å². The van der Waals surface area contributed by atoms with Gasteiger partial charge in [0.15, 0.2) is 0 Å². The molecule has 128 valence electrons. The summed E-state index contributed by atoms with van der Waals surface area (Å²) in [6.45, 7) is 6.92. The average molecular weight is 326 g/mol. The number of nitriles is 1. The number of anilines is 1. The molecule has 0 radical (unpaired) electrons. The van der Waals surface area contributed by atoms with Crippen LogP contribution < -0.4 is 4.90 Å². The van der Waals surface area contributed by atoms with Gasteiger partial charge in [-0.2, -0.15) is 5.26 Å². The number of aromatic nitrogens is 1. The zero-order valence-corrected chi connectivity index (χ0v) is 15.0. The number of ether oxygens (including phenoxy) is 1. The van der Waals surface area contributed by atoms with Crippen LogP contribution in [0.25, 0.3) is 0 Å². The Kier molecular flexibility index (Phi) is 3.59. The maximum Gasteiger partial charge on any atom is 0.147 e. The van der Waals surface area contributed by atoms with E-state index < -0.39 is 0 Å². The van der Waals surface area contributed by atoms with E-state index in [-0.39, 0.29) is 5.60 Å². The lowest BCUT2D eigenvalue weighted by atomic mass is 9.73. The monoisotopic (exact) mass is 326 g/mol. The van der Waals surface area contributed by atoms with Crippen LogP contribution in [0.15, 0.2) is 6.07 Å². The normalized spacial score (nSPS) is 34.0. The highest BCUT2D eigenvalue weighted by molar-refractivity contribution is 5.59. The van der Waals surface area contributed by atoms with Gasteiger partial charge >= 0.3 is 0 Å². The zero-order valence-electron chi connectivity index (χ0n) is 15.0. The summed E-state index contributed by atoms with van der Waals surface area (Å²) >= 11 is 0. The summed E-state index contributed by atoms with van der Waals surface area (Å²) in [4.78, 5) is 9.31. The van der Waals surface area contributed by atoms with Gasteiger partial charge in [-0.15, -0.1) is 0 Å². The van der Waals surface area contributed by atoms with Crippen molar-refractivity contribution in [2.75, 3.05) is 38.6 Å². The molecular weight excluding hydrogens is 300 g/mol. The van der Waals surface area contributed by atoms with Gasteiger partial charge in [0.1, 0.15) is 11.9 Å². The van der Waals surface area contributed by atoms with E-state index in [9.17, 15) is 5.26 Å². The van der Waals surface area contributed by atoms with E-state index in [0.29, 0.717) is 17.9 Å². The van der Waals surface area contributed by atoms with Crippen LogP contribution in [-0.2, 0) is 4.74 Å². The van der Waals surface area contributed by atoms with Crippen molar-refractivity contribution in [1.82, 2.24) is 9.88 Å². The molecule has 3 fully saturated rings. The quantitative estimate of drug-likeness (QED) is 0.851. The average Bonchev–Trinajstić information content (AvgIpc) is 3.15. The van der Waals surface area contributed by atoms with Crippen LogP contribution in [0.1, 0.15) is 29.7 Å². The van der Waals surface area contributed by atoms with E-state index in [1.165, 1.54) is 6.42 Å². The van der Waals surface area contributed by atoms with Crippen LogP contribution in [0.2, 0.25) is 0 Å². The summed E-state index contributed by atoms with van der Waals surface area (Å²) in [5, 5.41) is 9.60. The molecule has 4 rings (SSSR count). The summed E-state index contributed by atoms with van der Waals surface area (Å²) in [5.41, 5.74) is 2.70. The second-order valence-corrected chi connectivity index (χ2v) is 8.06. The van der Waals surface area contributed by atoms with Crippen molar-refractivity contribution in [2.24, 2.45) is 11.8 Å². The summed E-state index contributed by atoms with van der Waals surface area (Å²) in [6.07, 6.45) is 2.74. The van der Waals surface area contributed by atoms with E-state index in [2.05, 4.69) is 30.0 Å². The minimum atomic E-state index is -0.0165. The Bertz CT molecular complexity index is 710. The molecule has 0 saturated carbocycles. The van der Waals surface area contributed by atoms with Crippen LogP contribution in [0.5, 0.6) is 0 Å². The third kappa shape index (κ3) is 2.24. The maximum absolute atomic E-state index is 9.60. The molecule has 4 atom stereocenters. The lowest BCUT2D eigenvalue weighted by Gasteiger charge is -2.30. The molecule has 3 saturated heterocycles. The first-order valence-corrected chi connectivity index (χ1v) is 8.89. The molecule has 0 amide bonds. The van der Waals surface area contributed by atoms with Gasteiger partial charge < -0.3 is 14.5 Å². The second kappa shape index (κ2) is 5.44. The van der Waals surface area contributed by atoms with Gasteiger partial charge in [-0.25, -0.2) is 4.98 Å². The molecule has 0 unspecified atom stereocenters. The predicted molar refractivity (Wildman–Crippen MR) is 93.0 cm³/mol. The minimum absolute atomic E-state index is 0.0165. The second-order valence-electron chi connectivity index (χ2n) is 8.06. The summed E-state index contributed by atoms with van der Waals surface area (Å²) in [6, 6.07) is 4.36. The Balaban J connectivity index is 1.67. The van der Waals surface area contributed by atoms with E-state index in [1.807, 2.05) is 19.9 Å². The van der Waals surface area contributed by atoms with Crippen molar-refractivity contribution < 1.29 is 4.74 Å². The third-order valence-electron chi connectivity index (χ3n) is 6.10. The van der Waals surface area contributed by atoms with Gasteiger partial charge in [0.2, 0.25) is 0 Å². The maximum atomic E-state index is 9.60. The Hall–Kier alpha value is -1.64. The Morgan fingerprint density at radius 2 is 2.25 bits per heavy atom. The molecule has 4 heterocycles. The molecule has 3 aliphatic heterocycles. The molecule has 2 bridgehead atoms. The summed E-state index contributed by atoms with van der Waals surface area (Å²) in [7, 11) is 4.29. The van der Waals surface area contributed by atoms with E-state index in [0.717, 1.165) is 48.7 Å². The molecule has 24 heavy (non-hydrogen) atoms. The fourth-order valence-corrected chi connectivity index (χ4v) is 5.20. The topological polar surface area (TPSA) is 52.4 Å². The number of fused-ring (bicyclic) bond motifs is 1.